The van der Waals surface area contributed by atoms with E-state index in [2.05, 4.69) is 5.32 Å². The van der Waals surface area contributed by atoms with Gasteiger partial charge >= 0.3 is 0 Å². The van der Waals surface area contributed by atoms with Crippen molar-refractivity contribution in [3.63, 3.8) is 0 Å². The number of primary sulfonamides is 1. The van der Waals surface area contributed by atoms with Crippen molar-refractivity contribution in [1.82, 2.24) is 5.32 Å². The summed E-state index contributed by atoms with van der Waals surface area (Å²) in [5.74, 6) is -0.0385. The number of aryl methyl sites for hydroxylation is 1. The van der Waals surface area contributed by atoms with Crippen LogP contribution in [-0.2, 0) is 10.0 Å². The third-order valence-electron chi connectivity index (χ3n) is 2.41. The zero-order valence-electron chi connectivity index (χ0n) is 9.60. The maximum absolute atomic E-state index is 10.7. The van der Waals surface area contributed by atoms with Gasteiger partial charge in [-0.15, -0.1) is 0 Å². The van der Waals surface area contributed by atoms with Gasteiger partial charge in [-0.05, 0) is 19.4 Å². The summed E-state index contributed by atoms with van der Waals surface area (Å²) in [6.45, 7) is 4.39. The number of benzene rings is 1. The van der Waals surface area contributed by atoms with Gasteiger partial charge in [0, 0.05) is 12.6 Å². The Hall–Kier alpha value is -0.910. The molecule has 0 fully saturated rings. The first-order chi connectivity index (χ1) is 7.38. The summed E-state index contributed by atoms with van der Waals surface area (Å²) in [5.41, 5.74) is 2.35. The van der Waals surface area contributed by atoms with Crippen LogP contribution in [0.5, 0.6) is 0 Å². The van der Waals surface area contributed by atoms with Crippen molar-refractivity contribution in [2.24, 2.45) is 5.14 Å². The highest BCUT2D eigenvalue weighted by atomic mass is 32.2. The lowest BCUT2D eigenvalue weighted by Gasteiger charge is -2.13. The smallest absolute Gasteiger partial charge is 0.210 e. The molecule has 0 bridgehead atoms. The molecule has 0 aliphatic carbocycles. The molecule has 0 spiro atoms. The second kappa shape index (κ2) is 5.43. The Balaban J connectivity index is 2.47. The van der Waals surface area contributed by atoms with E-state index in [-0.39, 0.29) is 11.8 Å². The molecule has 1 aromatic carbocycles. The Morgan fingerprint density at radius 1 is 1.31 bits per heavy atom. The van der Waals surface area contributed by atoms with Gasteiger partial charge in [0.15, 0.2) is 0 Å². The molecule has 1 rings (SSSR count). The minimum Gasteiger partial charge on any atom is -0.309 e. The highest BCUT2D eigenvalue weighted by molar-refractivity contribution is 7.89. The number of nitrogens with two attached hydrogens (primary N) is 1. The van der Waals surface area contributed by atoms with E-state index >= 15 is 0 Å². The Morgan fingerprint density at radius 3 is 2.38 bits per heavy atom. The molecular formula is C11H18N2O2S. The van der Waals surface area contributed by atoms with Gasteiger partial charge in [0.1, 0.15) is 0 Å². The van der Waals surface area contributed by atoms with Crippen LogP contribution in [0, 0.1) is 6.92 Å². The number of sulfonamides is 1. The minimum atomic E-state index is -3.37. The number of rotatable bonds is 5. The van der Waals surface area contributed by atoms with E-state index in [1.807, 2.05) is 38.1 Å². The van der Waals surface area contributed by atoms with Crippen molar-refractivity contribution in [3.05, 3.63) is 35.4 Å². The molecule has 16 heavy (non-hydrogen) atoms. The van der Waals surface area contributed by atoms with E-state index in [0.717, 1.165) is 5.56 Å². The Kier molecular flexibility index (Phi) is 4.46. The molecule has 0 saturated heterocycles. The molecule has 4 nitrogen and oxygen atoms in total. The fourth-order valence-corrected chi connectivity index (χ4v) is 1.79. The standard InChI is InChI=1S/C11H18N2O2S/c1-9-3-5-11(6-4-9)10(2)13-7-8-16(12,14)15/h3-6,10,13H,7-8H2,1-2H3,(H2,12,14,15). The lowest BCUT2D eigenvalue weighted by Crippen LogP contribution is -2.28. The van der Waals surface area contributed by atoms with Gasteiger partial charge in [-0.2, -0.15) is 0 Å². The van der Waals surface area contributed by atoms with E-state index in [1.165, 1.54) is 5.56 Å². The molecule has 90 valence electrons. The first-order valence-electron chi connectivity index (χ1n) is 5.19. The molecule has 5 heteroatoms. The average Bonchev–Trinajstić information content (AvgIpc) is 2.16. The summed E-state index contributed by atoms with van der Waals surface area (Å²) < 4.78 is 21.5. The van der Waals surface area contributed by atoms with Gasteiger partial charge in [-0.25, -0.2) is 13.6 Å². The Morgan fingerprint density at radius 2 is 1.88 bits per heavy atom. The molecule has 1 aromatic rings. The molecule has 0 radical (unpaired) electrons. The number of hydrogen-bond acceptors (Lipinski definition) is 3. The number of nitrogens with one attached hydrogen (secondary N) is 1. The van der Waals surface area contributed by atoms with E-state index in [4.69, 9.17) is 5.14 Å². The largest absolute Gasteiger partial charge is 0.309 e. The third kappa shape index (κ3) is 4.74. The first kappa shape index (κ1) is 13.2. The minimum absolute atomic E-state index is 0.0385. The lowest BCUT2D eigenvalue weighted by atomic mass is 10.1. The quantitative estimate of drug-likeness (QED) is 0.807. The van der Waals surface area contributed by atoms with Crippen LogP contribution in [0.2, 0.25) is 0 Å². The zero-order valence-corrected chi connectivity index (χ0v) is 10.4. The van der Waals surface area contributed by atoms with Crippen molar-refractivity contribution in [1.29, 1.82) is 0 Å². The lowest BCUT2D eigenvalue weighted by molar-refractivity contribution is 0.573. The predicted molar refractivity (Wildman–Crippen MR) is 65.6 cm³/mol. The number of hydrogen-bond donors (Lipinski definition) is 2. The van der Waals surface area contributed by atoms with Crippen LogP contribution < -0.4 is 10.5 Å². The van der Waals surface area contributed by atoms with E-state index < -0.39 is 10.0 Å². The molecule has 0 aliphatic rings. The summed E-state index contributed by atoms with van der Waals surface area (Å²) in [6.07, 6.45) is 0. The van der Waals surface area contributed by atoms with Crippen LogP contribution in [0.3, 0.4) is 0 Å². The topological polar surface area (TPSA) is 72.2 Å². The van der Waals surface area contributed by atoms with E-state index in [1.54, 1.807) is 0 Å². The van der Waals surface area contributed by atoms with Crippen molar-refractivity contribution in [2.45, 2.75) is 19.9 Å². The molecule has 0 saturated carbocycles. The molecule has 1 unspecified atom stereocenters. The van der Waals surface area contributed by atoms with E-state index in [9.17, 15) is 8.42 Å². The highest BCUT2D eigenvalue weighted by Gasteiger charge is 2.06. The Labute approximate surface area is 96.9 Å². The molecule has 0 aliphatic heterocycles. The van der Waals surface area contributed by atoms with Gasteiger partial charge in [-0.3, -0.25) is 0 Å². The fraction of sp³-hybridized carbons (Fsp3) is 0.455. The molecule has 0 heterocycles. The fourth-order valence-electron chi connectivity index (χ4n) is 1.39. The van der Waals surface area contributed by atoms with Crippen molar-refractivity contribution >= 4 is 10.0 Å². The second-order valence-electron chi connectivity index (χ2n) is 3.95. The highest BCUT2D eigenvalue weighted by Crippen LogP contribution is 2.12. The second-order valence-corrected chi connectivity index (χ2v) is 5.69. The summed E-state index contributed by atoms with van der Waals surface area (Å²) in [4.78, 5) is 0. The summed E-state index contributed by atoms with van der Waals surface area (Å²) in [7, 11) is -3.37. The summed E-state index contributed by atoms with van der Waals surface area (Å²) in [5, 5.41) is 8.03. The van der Waals surface area contributed by atoms with Gasteiger partial charge in [-0.1, -0.05) is 29.8 Å². The van der Waals surface area contributed by atoms with Gasteiger partial charge in [0.2, 0.25) is 10.0 Å². The van der Waals surface area contributed by atoms with Crippen molar-refractivity contribution in [3.8, 4) is 0 Å². The van der Waals surface area contributed by atoms with Crippen LogP contribution in [0.25, 0.3) is 0 Å². The molecule has 1 atom stereocenters. The van der Waals surface area contributed by atoms with Crippen LogP contribution in [-0.4, -0.2) is 20.7 Å². The summed E-state index contributed by atoms with van der Waals surface area (Å²) >= 11 is 0. The monoisotopic (exact) mass is 242 g/mol. The van der Waals surface area contributed by atoms with Gasteiger partial charge < -0.3 is 5.32 Å². The maximum atomic E-state index is 10.7. The molecular weight excluding hydrogens is 224 g/mol. The van der Waals surface area contributed by atoms with Crippen molar-refractivity contribution in [2.75, 3.05) is 12.3 Å². The normalized spacial score (nSPS) is 13.7. The van der Waals surface area contributed by atoms with Gasteiger partial charge in [0.25, 0.3) is 0 Å². The first-order valence-corrected chi connectivity index (χ1v) is 6.90. The van der Waals surface area contributed by atoms with Crippen LogP contribution in [0.1, 0.15) is 24.1 Å². The molecule has 3 N–H and O–H groups in total. The molecule has 0 amide bonds. The Bertz CT molecular complexity index is 426. The zero-order chi connectivity index (χ0) is 12.2. The SMILES string of the molecule is Cc1ccc(C(C)NCCS(N)(=O)=O)cc1. The van der Waals surface area contributed by atoms with Crippen molar-refractivity contribution < 1.29 is 8.42 Å². The van der Waals surface area contributed by atoms with Crippen LogP contribution in [0.4, 0.5) is 0 Å². The predicted octanol–water partition coefficient (Wildman–Crippen LogP) is 0.934. The van der Waals surface area contributed by atoms with Gasteiger partial charge in [0.05, 0.1) is 5.75 Å². The summed E-state index contributed by atoms with van der Waals surface area (Å²) in [6, 6.07) is 8.26. The average molecular weight is 242 g/mol. The third-order valence-corrected chi connectivity index (χ3v) is 3.19. The maximum Gasteiger partial charge on any atom is 0.210 e. The van der Waals surface area contributed by atoms with E-state index in [0.29, 0.717) is 6.54 Å². The van der Waals surface area contributed by atoms with Crippen LogP contribution in [0.15, 0.2) is 24.3 Å². The molecule has 0 aromatic heterocycles. The van der Waals surface area contributed by atoms with Crippen LogP contribution >= 0.6 is 0 Å².